The van der Waals surface area contributed by atoms with Crippen molar-refractivity contribution in [1.82, 2.24) is 15.2 Å². The van der Waals surface area contributed by atoms with Gasteiger partial charge >= 0.3 is 21.1 Å². The molecule has 2 aromatic heterocycles. The van der Waals surface area contributed by atoms with E-state index < -0.39 is 0 Å². The van der Waals surface area contributed by atoms with Gasteiger partial charge in [-0.2, -0.15) is 51.1 Å². The summed E-state index contributed by atoms with van der Waals surface area (Å²) in [4.78, 5) is 3.92. The van der Waals surface area contributed by atoms with Gasteiger partial charge in [0, 0.05) is 5.69 Å². The molecule has 0 fully saturated rings. The molecule has 3 nitrogen and oxygen atoms in total. The maximum Gasteiger partial charge on any atom is 2.00 e. The first kappa shape index (κ1) is 21.3. The number of H-pyrrole nitrogens is 1. The minimum Gasteiger partial charge on any atom is -0.394 e. The first-order valence-electron chi connectivity index (χ1n) is 8.27. The van der Waals surface area contributed by atoms with Gasteiger partial charge < -0.3 is 4.98 Å². The van der Waals surface area contributed by atoms with Crippen molar-refractivity contribution in [2.75, 3.05) is 0 Å². The number of pyridine rings is 1. The fourth-order valence-corrected chi connectivity index (χ4v) is 2.47. The summed E-state index contributed by atoms with van der Waals surface area (Å²) in [6, 6.07) is 9.12. The van der Waals surface area contributed by atoms with Crippen molar-refractivity contribution in [3.8, 4) is 11.3 Å². The summed E-state index contributed by atoms with van der Waals surface area (Å²) in [7, 11) is 0. The fourth-order valence-electron chi connectivity index (χ4n) is 2.47. The fraction of sp³-hybridized carbons (Fsp3) is 0.333. The van der Waals surface area contributed by atoms with E-state index in [2.05, 4.69) is 69.0 Å². The molecule has 130 valence electrons. The SMILES string of the molecule is CCc1cc(-c2cc[c-]nc2)n[nH]1.Cc1[c-]c(C)c(C)c(C)c1C.[W+2]. The Labute approximate surface area is 165 Å². The van der Waals surface area contributed by atoms with E-state index in [9.17, 15) is 0 Å². The van der Waals surface area contributed by atoms with Crippen molar-refractivity contribution in [2.45, 2.75) is 48.0 Å². The second-order valence-corrected chi connectivity index (χ2v) is 6.06. The largest absolute Gasteiger partial charge is 2.00 e. The van der Waals surface area contributed by atoms with Crippen LogP contribution in [0.25, 0.3) is 11.3 Å². The van der Waals surface area contributed by atoms with Gasteiger partial charge in [-0.3, -0.25) is 5.10 Å². The molecule has 0 aliphatic carbocycles. The summed E-state index contributed by atoms with van der Waals surface area (Å²) in [5.74, 6) is 0. The third-order valence-corrected chi connectivity index (χ3v) is 4.55. The van der Waals surface area contributed by atoms with E-state index in [1.807, 2.05) is 12.1 Å². The second-order valence-electron chi connectivity index (χ2n) is 6.06. The van der Waals surface area contributed by atoms with Crippen LogP contribution in [0.15, 0.2) is 24.4 Å². The predicted octanol–water partition coefficient (Wildman–Crippen LogP) is 4.86. The van der Waals surface area contributed by atoms with Crippen LogP contribution in [0.1, 0.15) is 40.4 Å². The average Bonchev–Trinajstić information content (AvgIpc) is 3.09. The number of hydrogen-bond acceptors (Lipinski definition) is 2. The molecule has 3 rings (SSSR count). The third kappa shape index (κ3) is 5.37. The summed E-state index contributed by atoms with van der Waals surface area (Å²) in [6.07, 6.45) is 5.47. The minimum absolute atomic E-state index is 0. The molecule has 0 atom stereocenters. The van der Waals surface area contributed by atoms with Crippen LogP contribution < -0.4 is 0 Å². The van der Waals surface area contributed by atoms with Crippen molar-refractivity contribution in [2.24, 2.45) is 0 Å². The predicted molar refractivity (Wildman–Crippen MR) is 99.0 cm³/mol. The smallest absolute Gasteiger partial charge is 0.394 e. The number of rotatable bonds is 2. The van der Waals surface area contributed by atoms with Gasteiger partial charge in [-0.25, -0.2) is 0 Å². The quantitative estimate of drug-likeness (QED) is 0.508. The van der Waals surface area contributed by atoms with Crippen molar-refractivity contribution in [3.63, 3.8) is 0 Å². The Morgan fingerprint density at radius 1 is 1.00 bits per heavy atom. The number of nitrogens with zero attached hydrogens (tertiary/aromatic N) is 2. The number of aryl methyl sites for hydroxylation is 3. The molecule has 0 saturated heterocycles. The molecule has 25 heavy (non-hydrogen) atoms. The molecule has 1 aromatic carbocycles. The topological polar surface area (TPSA) is 41.6 Å². The first-order valence-corrected chi connectivity index (χ1v) is 8.27. The molecule has 0 aliphatic heterocycles. The Hall–Kier alpha value is -1.73. The molecule has 0 spiro atoms. The summed E-state index contributed by atoms with van der Waals surface area (Å²) in [5, 5.41) is 7.14. The van der Waals surface area contributed by atoms with Gasteiger partial charge in [-0.05, 0) is 12.5 Å². The standard InChI is InChI=1S/C11H15.C10H10N3.W/c1-7-6-8(2)10(4)11(5)9(7)3;1-2-9-6-10(13-12-9)8-4-3-5-11-7-8;/h1-5H3;3-4,6-7H,2H2,1H3,(H,12,13);/q2*-1;+2. The molecule has 4 heteroatoms. The van der Waals surface area contributed by atoms with E-state index in [-0.39, 0.29) is 21.1 Å². The summed E-state index contributed by atoms with van der Waals surface area (Å²) in [5.41, 5.74) is 9.85. The van der Waals surface area contributed by atoms with Gasteiger partial charge in [-0.15, -0.1) is 0 Å². The third-order valence-electron chi connectivity index (χ3n) is 4.55. The van der Waals surface area contributed by atoms with E-state index >= 15 is 0 Å². The maximum absolute atomic E-state index is 4.18. The molecule has 0 bridgehead atoms. The van der Waals surface area contributed by atoms with Crippen molar-refractivity contribution in [3.05, 3.63) is 70.2 Å². The Morgan fingerprint density at radius 3 is 2.12 bits per heavy atom. The van der Waals surface area contributed by atoms with Gasteiger partial charge in [0.2, 0.25) is 0 Å². The van der Waals surface area contributed by atoms with E-state index in [0.29, 0.717) is 0 Å². The van der Waals surface area contributed by atoms with Gasteiger partial charge in [0.05, 0.1) is 5.69 Å². The minimum atomic E-state index is 0. The molecule has 0 saturated carbocycles. The van der Waals surface area contributed by atoms with Gasteiger partial charge in [0.25, 0.3) is 0 Å². The van der Waals surface area contributed by atoms with Crippen molar-refractivity contribution >= 4 is 0 Å². The number of nitrogens with one attached hydrogen (secondary N) is 1. The zero-order valence-electron chi connectivity index (χ0n) is 15.8. The number of benzene rings is 1. The van der Waals surface area contributed by atoms with E-state index in [0.717, 1.165) is 23.4 Å². The number of aromatic amines is 1. The zero-order chi connectivity index (χ0) is 17.7. The molecule has 2 heterocycles. The van der Waals surface area contributed by atoms with Crippen LogP contribution in [0.2, 0.25) is 0 Å². The second kappa shape index (κ2) is 9.67. The van der Waals surface area contributed by atoms with Gasteiger partial charge in [0.15, 0.2) is 0 Å². The van der Waals surface area contributed by atoms with Crippen LogP contribution in [0, 0.1) is 46.9 Å². The molecule has 0 aliphatic rings. The average molecular weight is 503 g/mol. The normalized spacial score (nSPS) is 9.84. The molecule has 0 radical (unpaired) electrons. The van der Waals surface area contributed by atoms with Crippen molar-refractivity contribution in [1.29, 1.82) is 0 Å². The molecular weight excluding hydrogens is 478 g/mol. The summed E-state index contributed by atoms with van der Waals surface area (Å²) >= 11 is 0. The summed E-state index contributed by atoms with van der Waals surface area (Å²) in [6.45, 7) is 12.8. The molecule has 3 aromatic rings. The number of hydrogen-bond donors (Lipinski definition) is 1. The van der Waals surface area contributed by atoms with Crippen LogP contribution in [0.4, 0.5) is 0 Å². The van der Waals surface area contributed by atoms with Crippen LogP contribution in [-0.4, -0.2) is 15.2 Å². The Morgan fingerprint density at radius 2 is 1.64 bits per heavy atom. The summed E-state index contributed by atoms with van der Waals surface area (Å²) < 4.78 is 0. The van der Waals surface area contributed by atoms with Gasteiger partial charge in [0.1, 0.15) is 0 Å². The molecular formula is C21H25N3W. The Balaban J connectivity index is 0.000000244. The van der Waals surface area contributed by atoms with E-state index in [1.54, 1.807) is 12.3 Å². The Bertz CT molecular complexity index is 781. The van der Waals surface area contributed by atoms with Crippen LogP contribution in [0.5, 0.6) is 0 Å². The van der Waals surface area contributed by atoms with Crippen molar-refractivity contribution < 1.29 is 21.1 Å². The van der Waals surface area contributed by atoms with Crippen LogP contribution in [-0.2, 0) is 27.5 Å². The van der Waals surface area contributed by atoms with E-state index in [4.69, 9.17) is 0 Å². The first-order chi connectivity index (χ1) is 11.4. The molecule has 0 unspecified atom stereocenters. The monoisotopic (exact) mass is 503 g/mol. The zero-order valence-corrected chi connectivity index (χ0v) is 18.8. The van der Waals surface area contributed by atoms with E-state index in [1.165, 1.54) is 27.8 Å². The maximum atomic E-state index is 4.18. The van der Waals surface area contributed by atoms with Gasteiger partial charge in [-0.1, -0.05) is 59.5 Å². The molecule has 1 N–H and O–H groups in total. The molecule has 0 amide bonds. The number of aromatic nitrogens is 3. The Kier molecular flexibility index (Phi) is 8.25. The van der Waals surface area contributed by atoms with Crippen LogP contribution >= 0.6 is 0 Å². The van der Waals surface area contributed by atoms with Crippen LogP contribution in [0.3, 0.4) is 0 Å².